The Hall–Kier alpha value is -2.61. The maximum Gasteiger partial charge on any atom is 0.325 e. The van der Waals surface area contributed by atoms with Crippen LogP contribution in [0.2, 0.25) is 0 Å². The van der Waals surface area contributed by atoms with Gasteiger partial charge in [0.15, 0.2) is 0 Å². The predicted octanol–water partition coefficient (Wildman–Crippen LogP) is 0.293. The van der Waals surface area contributed by atoms with Crippen LogP contribution in [0.5, 0.6) is 5.75 Å². The number of rotatable bonds is 6. The van der Waals surface area contributed by atoms with E-state index in [0.29, 0.717) is 24.6 Å². The van der Waals surface area contributed by atoms with Crippen molar-refractivity contribution in [3.8, 4) is 5.75 Å². The largest absolute Gasteiger partial charge is 0.492 e. The van der Waals surface area contributed by atoms with Crippen molar-refractivity contribution in [1.82, 2.24) is 10.2 Å². The van der Waals surface area contributed by atoms with Crippen LogP contribution in [0.1, 0.15) is 13.8 Å². The van der Waals surface area contributed by atoms with E-state index in [1.54, 1.807) is 38.1 Å². The van der Waals surface area contributed by atoms with Crippen LogP contribution in [0.15, 0.2) is 24.3 Å². The Bertz CT molecular complexity index is 612. The monoisotopic (exact) mass is 320 g/mol. The molecule has 4 amide bonds. The SMILES string of the molecule is CC1(C)C(=O)NC(=O)N1CC(=O)Nc1ccc(OCCN)cc1. The first kappa shape index (κ1) is 16.8. The van der Waals surface area contributed by atoms with Gasteiger partial charge in [-0.1, -0.05) is 0 Å². The summed E-state index contributed by atoms with van der Waals surface area (Å²) >= 11 is 0. The van der Waals surface area contributed by atoms with Gasteiger partial charge in [-0.05, 0) is 38.1 Å². The molecule has 1 saturated heterocycles. The highest BCUT2D eigenvalue weighted by molar-refractivity contribution is 6.08. The third-order valence-electron chi connectivity index (χ3n) is 3.52. The number of imide groups is 1. The van der Waals surface area contributed by atoms with Crippen LogP contribution in [-0.2, 0) is 9.59 Å². The Labute approximate surface area is 134 Å². The van der Waals surface area contributed by atoms with Crippen LogP contribution < -0.4 is 21.1 Å². The lowest BCUT2D eigenvalue weighted by Crippen LogP contribution is -2.47. The van der Waals surface area contributed by atoms with Crippen molar-refractivity contribution < 1.29 is 19.1 Å². The molecule has 2 rings (SSSR count). The summed E-state index contributed by atoms with van der Waals surface area (Å²) in [4.78, 5) is 36.6. The maximum absolute atomic E-state index is 12.1. The molecular weight excluding hydrogens is 300 g/mol. The van der Waals surface area contributed by atoms with E-state index < -0.39 is 23.4 Å². The fraction of sp³-hybridized carbons (Fsp3) is 0.400. The van der Waals surface area contributed by atoms with Gasteiger partial charge in [0.2, 0.25) is 5.91 Å². The number of nitrogens with two attached hydrogens (primary N) is 1. The van der Waals surface area contributed by atoms with E-state index in [-0.39, 0.29) is 6.54 Å². The molecule has 4 N–H and O–H groups in total. The normalized spacial score (nSPS) is 16.2. The lowest BCUT2D eigenvalue weighted by molar-refractivity contribution is -0.126. The summed E-state index contributed by atoms with van der Waals surface area (Å²) in [5.74, 6) is -0.158. The molecule has 0 atom stereocenters. The highest BCUT2D eigenvalue weighted by atomic mass is 16.5. The highest BCUT2D eigenvalue weighted by Gasteiger charge is 2.46. The summed E-state index contributed by atoms with van der Waals surface area (Å²) in [6.07, 6.45) is 0. The summed E-state index contributed by atoms with van der Waals surface area (Å²) in [6.45, 7) is 3.80. The first-order valence-electron chi connectivity index (χ1n) is 7.20. The van der Waals surface area contributed by atoms with Crippen LogP contribution >= 0.6 is 0 Å². The van der Waals surface area contributed by atoms with Crippen LogP contribution in [-0.4, -0.2) is 48.0 Å². The zero-order valence-corrected chi connectivity index (χ0v) is 13.1. The van der Waals surface area contributed by atoms with Crippen molar-refractivity contribution in [3.05, 3.63) is 24.3 Å². The number of ether oxygens (including phenoxy) is 1. The molecule has 8 nitrogen and oxygen atoms in total. The minimum Gasteiger partial charge on any atom is -0.492 e. The second kappa shape index (κ2) is 6.66. The number of anilines is 1. The quantitative estimate of drug-likeness (QED) is 0.652. The molecule has 0 aliphatic carbocycles. The molecule has 1 aliphatic heterocycles. The number of nitrogens with one attached hydrogen (secondary N) is 2. The molecule has 23 heavy (non-hydrogen) atoms. The summed E-state index contributed by atoms with van der Waals surface area (Å²) < 4.78 is 5.34. The standard InChI is InChI=1S/C15H20N4O4/c1-15(2)13(21)18-14(22)19(15)9-12(20)17-10-3-5-11(6-4-10)23-8-7-16/h3-6H,7-9,16H2,1-2H3,(H,17,20)(H,18,21,22). The fourth-order valence-corrected chi connectivity index (χ4v) is 2.12. The second-order valence-corrected chi connectivity index (χ2v) is 5.61. The minimum absolute atomic E-state index is 0.212. The Kier molecular flexibility index (Phi) is 4.85. The molecule has 0 unspecified atom stereocenters. The summed E-state index contributed by atoms with van der Waals surface area (Å²) in [5, 5.41) is 4.87. The molecule has 124 valence electrons. The molecule has 0 radical (unpaired) electrons. The van der Waals surface area contributed by atoms with Crippen molar-refractivity contribution in [1.29, 1.82) is 0 Å². The number of nitrogens with zero attached hydrogens (tertiary/aromatic N) is 1. The molecule has 0 saturated carbocycles. The molecule has 0 aromatic heterocycles. The molecular formula is C15H20N4O4. The lowest BCUT2D eigenvalue weighted by atomic mass is 10.0. The number of amides is 4. The Morgan fingerprint density at radius 3 is 2.48 bits per heavy atom. The second-order valence-electron chi connectivity index (χ2n) is 5.61. The number of carbonyl (C=O) groups excluding carboxylic acids is 3. The Balaban J connectivity index is 1.94. The summed E-state index contributed by atoms with van der Waals surface area (Å²) in [5.41, 5.74) is 4.87. The van der Waals surface area contributed by atoms with E-state index >= 15 is 0 Å². The van der Waals surface area contributed by atoms with Crippen LogP contribution in [0.25, 0.3) is 0 Å². The highest BCUT2D eigenvalue weighted by Crippen LogP contribution is 2.21. The van der Waals surface area contributed by atoms with Gasteiger partial charge >= 0.3 is 6.03 Å². The van der Waals surface area contributed by atoms with Gasteiger partial charge in [0.05, 0.1) is 0 Å². The van der Waals surface area contributed by atoms with Gasteiger partial charge in [-0.3, -0.25) is 14.9 Å². The zero-order valence-electron chi connectivity index (χ0n) is 13.1. The third kappa shape index (κ3) is 3.78. The van der Waals surface area contributed by atoms with Crippen LogP contribution in [0.4, 0.5) is 10.5 Å². The van der Waals surface area contributed by atoms with Gasteiger partial charge in [0.25, 0.3) is 5.91 Å². The Morgan fingerprint density at radius 1 is 1.30 bits per heavy atom. The molecule has 0 bridgehead atoms. The van der Waals surface area contributed by atoms with Crippen molar-refractivity contribution >= 4 is 23.5 Å². The Morgan fingerprint density at radius 2 is 1.96 bits per heavy atom. The van der Waals surface area contributed by atoms with Gasteiger partial charge in [-0.15, -0.1) is 0 Å². The van der Waals surface area contributed by atoms with E-state index in [0.717, 1.165) is 0 Å². The molecule has 1 aromatic carbocycles. The average Bonchev–Trinajstić information content (AvgIpc) is 2.69. The fourth-order valence-electron chi connectivity index (χ4n) is 2.12. The van der Waals surface area contributed by atoms with Crippen molar-refractivity contribution in [2.75, 3.05) is 25.0 Å². The molecule has 8 heteroatoms. The van der Waals surface area contributed by atoms with Gasteiger partial charge in [-0.2, -0.15) is 0 Å². The van der Waals surface area contributed by atoms with E-state index in [9.17, 15) is 14.4 Å². The molecule has 1 aliphatic rings. The zero-order chi connectivity index (χ0) is 17.0. The van der Waals surface area contributed by atoms with Crippen molar-refractivity contribution in [3.63, 3.8) is 0 Å². The maximum atomic E-state index is 12.1. The van der Waals surface area contributed by atoms with Crippen molar-refractivity contribution in [2.24, 2.45) is 5.73 Å². The summed E-state index contributed by atoms with van der Waals surface area (Å²) in [7, 11) is 0. The average molecular weight is 320 g/mol. The van der Waals surface area contributed by atoms with E-state index in [1.165, 1.54) is 4.90 Å². The number of carbonyl (C=O) groups is 3. The van der Waals surface area contributed by atoms with E-state index in [4.69, 9.17) is 10.5 Å². The number of benzene rings is 1. The predicted molar refractivity (Wildman–Crippen MR) is 83.9 cm³/mol. The summed E-state index contributed by atoms with van der Waals surface area (Å²) in [6, 6.07) is 6.22. The lowest BCUT2D eigenvalue weighted by Gasteiger charge is -2.27. The first-order valence-corrected chi connectivity index (χ1v) is 7.20. The smallest absolute Gasteiger partial charge is 0.325 e. The van der Waals surface area contributed by atoms with Gasteiger partial charge in [-0.25, -0.2) is 4.79 Å². The molecule has 1 heterocycles. The van der Waals surface area contributed by atoms with Crippen LogP contribution in [0, 0.1) is 0 Å². The van der Waals surface area contributed by atoms with E-state index in [2.05, 4.69) is 10.6 Å². The van der Waals surface area contributed by atoms with Crippen molar-refractivity contribution in [2.45, 2.75) is 19.4 Å². The van der Waals surface area contributed by atoms with Gasteiger partial charge in [0.1, 0.15) is 24.4 Å². The topological polar surface area (TPSA) is 114 Å². The molecule has 0 spiro atoms. The molecule has 1 aromatic rings. The minimum atomic E-state index is -1.05. The van der Waals surface area contributed by atoms with E-state index in [1.807, 2.05) is 0 Å². The first-order chi connectivity index (χ1) is 10.8. The third-order valence-corrected chi connectivity index (χ3v) is 3.52. The molecule has 1 fully saturated rings. The number of hydrogen-bond donors (Lipinski definition) is 3. The van der Waals surface area contributed by atoms with Crippen LogP contribution in [0.3, 0.4) is 0 Å². The van der Waals surface area contributed by atoms with Gasteiger partial charge < -0.3 is 20.7 Å². The number of urea groups is 1. The van der Waals surface area contributed by atoms with Gasteiger partial charge in [0, 0.05) is 12.2 Å². The number of hydrogen-bond acceptors (Lipinski definition) is 5.